The summed E-state index contributed by atoms with van der Waals surface area (Å²) in [5, 5.41) is 3.60. The Labute approximate surface area is 182 Å². The molecule has 29 heavy (non-hydrogen) atoms. The van der Waals surface area contributed by atoms with Crippen molar-refractivity contribution in [2.24, 2.45) is 11.8 Å². The van der Waals surface area contributed by atoms with Gasteiger partial charge in [0.05, 0.1) is 4.90 Å². The molecular weight excluding hydrogens is 408 g/mol. The lowest BCUT2D eigenvalue weighted by Crippen LogP contribution is -2.36. The molecule has 3 rings (SSSR count). The number of hydrogen-bond donors (Lipinski definition) is 1. The van der Waals surface area contributed by atoms with E-state index in [1.807, 2.05) is 0 Å². The number of carbonyl (C=O) groups is 1. The normalized spacial score (nSPS) is 21.3. The van der Waals surface area contributed by atoms with Gasteiger partial charge in [0.15, 0.2) is 0 Å². The van der Waals surface area contributed by atoms with Gasteiger partial charge in [-0.3, -0.25) is 4.79 Å². The molecule has 1 aromatic carbocycles. The Balaban J connectivity index is 0.00000210. The lowest BCUT2D eigenvalue weighted by Gasteiger charge is -2.20. The van der Waals surface area contributed by atoms with Crippen molar-refractivity contribution in [3.63, 3.8) is 0 Å². The summed E-state index contributed by atoms with van der Waals surface area (Å²) in [6.07, 6.45) is 8.74. The van der Waals surface area contributed by atoms with Crippen LogP contribution in [0.1, 0.15) is 66.2 Å². The number of nitrogens with one attached hydrogen (secondary N) is 1. The quantitative estimate of drug-likeness (QED) is 0.686. The smallest absolute Gasteiger partial charge is 0.243 e. The molecule has 1 heterocycles. The number of benzene rings is 1. The molecule has 7 heteroatoms. The summed E-state index contributed by atoms with van der Waals surface area (Å²) in [5.41, 5.74) is 0. The van der Waals surface area contributed by atoms with E-state index in [0.29, 0.717) is 24.7 Å². The minimum atomic E-state index is -3.49. The van der Waals surface area contributed by atoms with Gasteiger partial charge in [0.1, 0.15) is 0 Å². The largest absolute Gasteiger partial charge is 0.356 e. The van der Waals surface area contributed by atoms with E-state index >= 15 is 0 Å². The zero-order valence-electron chi connectivity index (χ0n) is 15.7. The average molecular weight is 445 g/mol. The molecule has 1 aliphatic heterocycles. The Morgan fingerprint density at radius 2 is 1.59 bits per heavy atom. The van der Waals surface area contributed by atoms with Crippen LogP contribution in [0.25, 0.3) is 0 Å². The van der Waals surface area contributed by atoms with Gasteiger partial charge in [-0.15, -0.1) is 0 Å². The van der Waals surface area contributed by atoms with Crippen LogP contribution in [-0.4, -0.2) is 38.3 Å². The fraction of sp³-hybridized carbons (Fsp3) is 0.682. The topological polar surface area (TPSA) is 66.5 Å². The summed E-state index contributed by atoms with van der Waals surface area (Å²) in [6.45, 7) is 1.51. The highest BCUT2D eigenvalue weighted by molar-refractivity contribution is 7.89. The Morgan fingerprint density at radius 3 is 2.21 bits per heavy atom. The second-order valence-corrected chi connectivity index (χ2v) is 10.1. The van der Waals surface area contributed by atoms with Crippen LogP contribution in [0, 0.1) is 11.8 Å². The van der Waals surface area contributed by atoms with Gasteiger partial charge >= 0.3 is 0 Å². The van der Waals surface area contributed by atoms with E-state index in [1.54, 1.807) is 24.3 Å². The molecule has 1 unspecified atom stereocenters. The van der Waals surface area contributed by atoms with Gasteiger partial charge in [-0.2, -0.15) is 4.31 Å². The molecule has 1 saturated heterocycles. The van der Waals surface area contributed by atoms with Crippen LogP contribution in [0.4, 0.5) is 0 Å². The molecule has 1 aromatic rings. The molecule has 0 aromatic heterocycles. The summed E-state index contributed by atoms with van der Waals surface area (Å²) < 4.78 is 27.0. The van der Waals surface area contributed by atoms with Gasteiger partial charge in [-0.25, -0.2) is 8.42 Å². The highest BCUT2D eigenvalue weighted by Crippen LogP contribution is 2.26. The van der Waals surface area contributed by atoms with E-state index in [9.17, 15) is 13.2 Å². The van der Waals surface area contributed by atoms with Crippen LogP contribution < -0.4 is 5.32 Å². The van der Waals surface area contributed by atoms with E-state index in [2.05, 4.69) is 5.32 Å². The Bertz CT molecular complexity index is 729. The third-order valence-electron chi connectivity index (χ3n) is 5.74. The number of halogens is 1. The maximum absolute atomic E-state index is 12.7. The Kier molecular flexibility index (Phi) is 10.7. The van der Waals surface area contributed by atoms with Gasteiger partial charge in [-0.05, 0) is 49.4 Å². The summed E-state index contributed by atoms with van der Waals surface area (Å²) in [6, 6.07) is 6.27. The fourth-order valence-electron chi connectivity index (χ4n) is 4.05. The van der Waals surface area contributed by atoms with Crippen molar-refractivity contribution < 1.29 is 13.2 Å². The highest BCUT2D eigenvalue weighted by Gasteiger charge is 2.33. The molecule has 0 radical (unpaired) electrons. The molecule has 0 spiro atoms. The van der Waals surface area contributed by atoms with Crippen LogP contribution >= 0.6 is 11.6 Å². The van der Waals surface area contributed by atoms with Crippen molar-refractivity contribution in [1.82, 2.24) is 9.62 Å². The summed E-state index contributed by atoms with van der Waals surface area (Å²) in [5.74, 6) is 0.445. The molecule has 0 bridgehead atoms. The van der Waals surface area contributed by atoms with E-state index < -0.39 is 10.0 Å². The molecule has 166 valence electrons. The summed E-state index contributed by atoms with van der Waals surface area (Å²) in [4.78, 5) is 12.8. The van der Waals surface area contributed by atoms with Gasteiger partial charge in [-0.1, -0.05) is 58.6 Å². The Hall–Kier alpha value is -1.11. The number of hydrogen-bond acceptors (Lipinski definition) is 3. The molecule has 2 aliphatic rings. The minimum Gasteiger partial charge on any atom is -0.356 e. The van der Waals surface area contributed by atoms with E-state index in [1.165, 1.54) is 23.6 Å². The molecule has 1 amide bonds. The SMILES string of the molecule is C.C.O=C(NCC1CCN(S(=O)(=O)c2ccc(Cl)cc2)C1)C1CCCCCCC1. The van der Waals surface area contributed by atoms with E-state index in [4.69, 9.17) is 11.6 Å². The predicted octanol–water partition coefficient (Wildman–Crippen LogP) is 5.10. The molecule has 1 N–H and O–H groups in total. The van der Waals surface area contributed by atoms with Crippen LogP contribution in [0.3, 0.4) is 0 Å². The molecule has 1 aliphatic carbocycles. The zero-order chi connectivity index (χ0) is 19.3. The van der Waals surface area contributed by atoms with Crippen molar-refractivity contribution in [2.45, 2.75) is 71.1 Å². The highest BCUT2D eigenvalue weighted by atomic mass is 35.5. The third kappa shape index (κ3) is 6.97. The van der Waals surface area contributed by atoms with Crippen molar-refractivity contribution in [2.75, 3.05) is 19.6 Å². The Morgan fingerprint density at radius 1 is 1.00 bits per heavy atom. The van der Waals surface area contributed by atoms with Crippen molar-refractivity contribution in [1.29, 1.82) is 0 Å². The maximum atomic E-state index is 12.7. The zero-order valence-corrected chi connectivity index (χ0v) is 17.3. The number of carbonyl (C=O) groups excluding carboxylic acids is 1. The van der Waals surface area contributed by atoms with E-state index in [0.717, 1.165) is 32.1 Å². The first-order valence-electron chi connectivity index (χ1n) is 10.0. The van der Waals surface area contributed by atoms with E-state index in [-0.39, 0.29) is 37.5 Å². The lowest BCUT2D eigenvalue weighted by atomic mass is 9.90. The fourth-order valence-corrected chi connectivity index (χ4v) is 5.70. The van der Waals surface area contributed by atoms with Crippen LogP contribution in [0.5, 0.6) is 0 Å². The molecule has 1 atom stereocenters. The van der Waals surface area contributed by atoms with Crippen LogP contribution in [0.15, 0.2) is 29.2 Å². The van der Waals surface area contributed by atoms with Crippen molar-refractivity contribution in [3.05, 3.63) is 29.3 Å². The second kappa shape index (κ2) is 11.9. The molecular formula is C22H37ClN2O3S. The first-order valence-corrected chi connectivity index (χ1v) is 11.8. The van der Waals surface area contributed by atoms with Gasteiger partial charge in [0.2, 0.25) is 15.9 Å². The third-order valence-corrected chi connectivity index (χ3v) is 7.87. The first-order chi connectivity index (χ1) is 13.0. The minimum absolute atomic E-state index is 0. The van der Waals surface area contributed by atoms with Gasteiger partial charge in [0.25, 0.3) is 0 Å². The number of amides is 1. The average Bonchev–Trinajstić information content (AvgIpc) is 3.10. The molecule has 2 fully saturated rings. The predicted molar refractivity (Wildman–Crippen MR) is 121 cm³/mol. The number of rotatable bonds is 5. The molecule has 5 nitrogen and oxygen atoms in total. The van der Waals surface area contributed by atoms with Crippen LogP contribution in [0.2, 0.25) is 5.02 Å². The lowest BCUT2D eigenvalue weighted by molar-refractivity contribution is -0.125. The molecule has 1 saturated carbocycles. The maximum Gasteiger partial charge on any atom is 0.243 e. The van der Waals surface area contributed by atoms with Gasteiger partial charge in [0, 0.05) is 30.6 Å². The monoisotopic (exact) mass is 444 g/mol. The summed E-state index contributed by atoms with van der Waals surface area (Å²) >= 11 is 5.85. The second-order valence-electron chi connectivity index (χ2n) is 7.76. The number of nitrogens with zero attached hydrogens (tertiary/aromatic N) is 1. The van der Waals surface area contributed by atoms with Gasteiger partial charge < -0.3 is 5.32 Å². The van der Waals surface area contributed by atoms with Crippen molar-refractivity contribution >= 4 is 27.5 Å². The van der Waals surface area contributed by atoms with Crippen molar-refractivity contribution in [3.8, 4) is 0 Å². The first kappa shape index (κ1) is 25.9. The van der Waals surface area contributed by atoms with Crippen LogP contribution in [-0.2, 0) is 14.8 Å². The number of sulfonamides is 1. The summed E-state index contributed by atoms with van der Waals surface area (Å²) in [7, 11) is -3.49. The standard InChI is InChI=1S/C20H29ClN2O3S.2CH4/c21-18-8-10-19(11-9-18)27(25,26)23-13-12-16(15-23)14-22-20(24)17-6-4-2-1-3-5-7-17;;/h8-11,16-17H,1-7,12-15H2,(H,22,24);2*1H4.